The molecule has 0 aliphatic rings. The van der Waals surface area contributed by atoms with Gasteiger partial charge in [0.15, 0.2) is 0 Å². The summed E-state index contributed by atoms with van der Waals surface area (Å²) in [5.41, 5.74) is 11.9. The average molecular weight is 703 g/mol. The van der Waals surface area contributed by atoms with Crippen molar-refractivity contribution in [2.75, 3.05) is 0 Å². The second kappa shape index (κ2) is 14.7. The molecule has 1 unspecified atom stereocenters. The zero-order valence-corrected chi connectivity index (χ0v) is 33.0. The predicted octanol–water partition coefficient (Wildman–Crippen LogP) is 13.3. The van der Waals surface area contributed by atoms with Gasteiger partial charge in [-0.05, 0) is 128 Å². The van der Waals surface area contributed by atoms with Gasteiger partial charge in [-0.1, -0.05) is 84.4 Å². The lowest BCUT2D eigenvalue weighted by Crippen LogP contribution is -2.05. The topological polar surface area (TPSA) is 44.9 Å². The Morgan fingerprint density at radius 1 is 0.755 bits per heavy atom. The van der Waals surface area contributed by atoms with E-state index in [1.165, 1.54) is 57.9 Å². The Morgan fingerprint density at radius 3 is 2.28 bits per heavy atom. The van der Waals surface area contributed by atoms with E-state index < -0.39 is 0 Å². The number of ether oxygens (including phenoxy) is 1. The fourth-order valence-corrected chi connectivity index (χ4v) is 7.85. The third-order valence-electron chi connectivity index (χ3n) is 10.5. The molecule has 0 amide bonds. The molecule has 0 N–H and O–H groups in total. The molecule has 7 rings (SSSR count). The standard InChI is InChI=1S/C48H54N4O/c1-31(2)24-36-26-39(52-35(6)47(34(5)50-52)37-15-11-10-12-16-37)29-41(27-36)53-40-18-19-42-43-28-38(33(4)14-13-22-48(7,8)9)17-20-44(43)51(45(42)30-40)46-25-32(3)21-23-49-46/h10-12,15-21,23,25-31,33H,13-14,22,24H2,1-9H3. The molecule has 7 aromatic rings. The summed E-state index contributed by atoms with van der Waals surface area (Å²) in [6, 6.07) is 34.8. The number of fused-ring (bicyclic) bond motifs is 3. The van der Waals surface area contributed by atoms with Crippen LogP contribution in [-0.4, -0.2) is 19.3 Å². The average Bonchev–Trinajstić information content (AvgIpc) is 3.59. The number of aromatic nitrogens is 4. The van der Waals surface area contributed by atoms with Crippen molar-refractivity contribution in [3.05, 3.63) is 131 Å². The highest BCUT2D eigenvalue weighted by Gasteiger charge is 2.19. The zero-order valence-electron chi connectivity index (χ0n) is 33.0. The molecule has 0 spiro atoms. The second-order valence-electron chi connectivity index (χ2n) is 16.7. The molecule has 53 heavy (non-hydrogen) atoms. The normalized spacial score (nSPS) is 12.6. The Labute approximate surface area is 315 Å². The van der Waals surface area contributed by atoms with Crippen LogP contribution in [-0.2, 0) is 6.42 Å². The molecule has 5 nitrogen and oxygen atoms in total. The van der Waals surface area contributed by atoms with Crippen LogP contribution in [0.15, 0.2) is 103 Å². The highest BCUT2D eigenvalue weighted by molar-refractivity contribution is 6.09. The second-order valence-corrected chi connectivity index (χ2v) is 16.7. The van der Waals surface area contributed by atoms with Crippen LogP contribution < -0.4 is 4.74 Å². The van der Waals surface area contributed by atoms with Gasteiger partial charge in [0.25, 0.3) is 0 Å². The summed E-state index contributed by atoms with van der Waals surface area (Å²) < 4.78 is 11.2. The maximum Gasteiger partial charge on any atom is 0.137 e. The van der Waals surface area contributed by atoms with Gasteiger partial charge in [0, 0.05) is 40.4 Å². The Morgan fingerprint density at radius 2 is 1.55 bits per heavy atom. The molecule has 0 fully saturated rings. The van der Waals surface area contributed by atoms with E-state index in [1.807, 2.05) is 6.20 Å². The van der Waals surface area contributed by atoms with Crippen molar-refractivity contribution >= 4 is 21.8 Å². The molecule has 1 atom stereocenters. The van der Waals surface area contributed by atoms with Gasteiger partial charge in [0.2, 0.25) is 0 Å². The van der Waals surface area contributed by atoms with Crippen molar-refractivity contribution < 1.29 is 4.74 Å². The van der Waals surface area contributed by atoms with E-state index in [-0.39, 0.29) is 0 Å². The number of aryl methyl sites for hydroxylation is 2. The first-order chi connectivity index (χ1) is 25.3. The molecule has 3 heterocycles. The largest absolute Gasteiger partial charge is 0.457 e. The quantitative estimate of drug-likeness (QED) is 0.135. The van der Waals surface area contributed by atoms with E-state index >= 15 is 0 Å². The van der Waals surface area contributed by atoms with Crippen LogP contribution in [0.25, 0.3) is 44.4 Å². The van der Waals surface area contributed by atoms with E-state index in [4.69, 9.17) is 14.8 Å². The minimum absolute atomic E-state index is 0.359. The number of nitrogens with zero attached hydrogens (tertiary/aromatic N) is 4. The van der Waals surface area contributed by atoms with Crippen LogP contribution in [0.3, 0.4) is 0 Å². The number of pyridine rings is 1. The number of hydrogen-bond donors (Lipinski definition) is 0. The first kappa shape index (κ1) is 36.2. The summed E-state index contributed by atoms with van der Waals surface area (Å²) in [5.74, 6) is 3.48. The molecule has 0 bridgehead atoms. The third-order valence-corrected chi connectivity index (χ3v) is 10.5. The van der Waals surface area contributed by atoms with E-state index in [0.29, 0.717) is 17.3 Å². The van der Waals surface area contributed by atoms with Gasteiger partial charge in [0.1, 0.15) is 17.3 Å². The van der Waals surface area contributed by atoms with Crippen molar-refractivity contribution in [1.82, 2.24) is 19.3 Å². The fraction of sp³-hybridized carbons (Fsp3) is 0.333. The highest BCUT2D eigenvalue weighted by atomic mass is 16.5. The van der Waals surface area contributed by atoms with Crippen LogP contribution in [0.5, 0.6) is 11.5 Å². The van der Waals surface area contributed by atoms with Gasteiger partial charge >= 0.3 is 0 Å². The Balaban J connectivity index is 1.30. The van der Waals surface area contributed by atoms with Crippen molar-refractivity contribution in [1.29, 1.82) is 0 Å². The minimum atomic E-state index is 0.359. The van der Waals surface area contributed by atoms with E-state index in [1.54, 1.807) is 0 Å². The lowest BCUT2D eigenvalue weighted by molar-refractivity contribution is 0.354. The summed E-state index contributed by atoms with van der Waals surface area (Å²) in [6.45, 7) is 20.3. The number of hydrogen-bond acceptors (Lipinski definition) is 3. The molecule has 0 radical (unpaired) electrons. The van der Waals surface area contributed by atoms with Gasteiger partial charge in [-0.25, -0.2) is 9.67 Å². The molecule has 3 aromatic heterocycles. The van der Waals surface area contributed by atoms with Crippen molar-refractivity contribution in [3.63, 3.8) is 0 Å². The molecule has 5 heteroatoms. The van der Waals surface area contributed by atoms with Crippen LogP contribution >= 0.6 is 0 Å². The summed E-state index contributed by atoms with van der Waals surface area (Å²) in [6.07, 6.45) is 6.49. The van der Waals surface area contributed by atoms with Crippen LogP contribution in [0.2, 0.25) is 0 Å². The predicted molar refractivity (Wildman–Crippen MR) is 222 cm³/mol. The Kier molecular flexibility index (Phi) is 10.0. The first-order valence-electron chi connectivity index (χ1n) is 19.3. The summed E-state index contributed by atoms with van der Waals surface area (Å²) in [5, 5.41) is 7.48. The van der Waals surface area contributed by atoms with Crippen molar-refractivity contribution in [2.24, 2.45) is 11.3 Å². The van der Waals surface area contributed by atoms with Gasteiger partial charge in [0.05, 0.1) is 22.4 Å². The summed E-state index contributed by atoms with van der Waals surface area (Å²) in [7, 11) is 0. The highest BCUT2D eigenvalue weighted by Crippen LogP contribution is 2.38. The Bertz CT molecular complexity index is 2390. The molecule has 0 saturated heterocycles. The van der Waals surface area contributed by atoms with E-state index in [0.717, 1.165) is 51.8 Å². The van der Waals surface area contributed by atoms with Crippen molar-refractivity contribution in [2.45, 2.75) is 93.9 Å². The molecule has 272 valence electrons. The van der Waals surface area contributed by atoms with Crippen molar-refractivity contribution in [3.8, 4) is 34.1 Å². The zero-order chi connectivity index (χ0) is 37.4. The summed E-state index contributed by atoms with van der Waals surface area (Å²) in [4.78, 5) is 4.85. The molecule has 0 aliphatic carbocycles. The smallest absolute Gasteiger partial charge is 0.137 e. The van der Waals surface area contributed by atoms with Gasteiger partial charge < -0.3 is 4.74 Å². The maximum absolute atomic E-state index is 6.80. The maximum atomic E-state index is 6.80. The Hall–Kier alpha value is -5.16. The van der Waals surface area contributed by atoms with Crippen LogP contribution in [0.4, 0.5) is 0 Å². The summed E-state index contributed by atoms with van der Waals surface area (Å²) >= 11 is 0. The molecule has 4 aromatic carbocycles. The monoisotopic (exact) mass is 702 g/mol. The number of rotatable bonds is 11. The minimum Gasteiger partial charge on any atom is -0.457 e. The van der Waals surface area contributed by atoms with Crippen LogP contribution in [0, 0.1) is 32.1 Å². The lowest BCUT2D eigenvalue weighted by Gasteiger charge is -2.19. The van der Waals surface area contributed by atoms with E-state index in [2.05, 4.69) is 169 Å². The molecule has 0 saturated carbocycles. The SMILES string of the molecule is Cc1ccnc(-n2c3ccc(C(C)CCCC(C)(C)C)cc3c3ccc(Oc4cc(CC(C)C)cc(-n5nc(C)c(-c6ccccc6)c5C)c4)cc32)c1. The van der Waals surface area contributed by atoms with Gasteiger partial charge in [-0.2, -0.15) is 5.10 Å². The molecular weight excluding hydrogens is 649 g/mol. The third kappa shape index (κ3) is 7.81. The lowest BCUT2D eigenvalue weighted by atomic mass is 9.86. The van der Waals surface area contributed by atoms with Gasteiger partial charge in [-0.15, -0.1) is 0 Å². The van der Waals surface area contributed by atoms with E-state index in [9.17, 15) is 0 Å². The number of benzene rings is 4. The fourth-order valence-electron chi connectivity index (χ4n) is 7.85. The molecule has 0 aliphatic heterocycles. The van der Waals surface area contributed by atoms with Crippen LogP contribution in [0.1, 0.15) is 94.8 Å². The first-order valence-corrected chi connectivity index (χ1v) is 19.3. The molecular formula is C48H54N4O. The van der Waals surface area contributed by atoms with Gasteiger partial charge in [-0.3, -0.25) is 4.57 Å².